The molecular weight excluding hydrogens is 607 g/mol. The lowest BCUT2D eigenvalue weighted by Crippen LogP contribution is -2.47. The predicted octanol–water partition coefficient (Wildman–Crippen LogP) is 5.64. The number of ether oxygens (including phenoxy) is 1. The fourth-order valence-corrected chi connectivity index (χ4v) is 6.98. The summed E-state index contributed by atoms with van der Waals surface area (Å²) in [5.74, 6) is -3.12. The first-order valence-corrected chi connectivity index (χ1v) is 16.1. The van der Waals surface area contributed by atoms with E-state index in [4.69, 9.17) is 16.3 Å². The summed E-state index contributed by atoms with van der Waals surface area (Å²) < 4.78 is 48.1. The highest BCUT2D eigenvalue weighted by molar-refractivity contribution is 7.91. The van der Waals surface area contributed by atoms with Crippen molar-refractivity contribution in [3.8, 4) is 0 Å². The van der Waals surface area contributed by atoms with E-state index < -0.39 is 50.8 Å². The number of fused-ring (bicyclic) bond motifs is 1. The maximum Gasteiger partial charge on any atom is 0.408 e. The zero-order chi connectivity index (χ0) is 31.8. The molecule has 1 saturated carbocycles. The van der Waals surface area contributed by atoms with E-state index >= 15 is 4.39 Å². The molecule has 8 nitrogen and oxygen atoms in total. The molecule has 1 fully saturated rings. The fourth-order valence-electron chi connectivity index (χ4n) is 5.18. The molecule has 0 saturated heterocycles. The van der Waals surface area contributed by atoms with Gasteiger partial charge in [-0.25, -0.2) is 17.6 Å². The lowest BCUT2D eigenvalue weighted by molar-refractivity contribution is -0.116. The predicted molar refractivity (Wildman–Crippen MR) is 165 cm³/mol. The molecule has 44 heavy (non-hydrogen) atoms. The van der Waals surface area contributed by atoms with Crippen molar-refractivity contribution in [1.82, 2.24) is 10.6 Å². The maximum absolute atomic E-state index is 15.5. The van der Waals surface area contributed by atoms with E-state index in [2.05, 4.69) is 10.6 Å². The molecule has 0 radical (unpaired) electrons. The monoisotopic (exact) mass is 638 g/mol. The molecule has 0 unspecified atom stereocenters. The summed E-state index contributed by atoms with van der Waals surface area (Å²) >= 11 is 6.04. The molecule has 1 aliphatic heterocycles. The third-order valence-electron chi connectivity index (χ3n) is 7.37. The highest BCUT2D eigenvalue weighted by Crippen LogP contribution is 2.41. The number of alkyl carbamates (subject to hydrolysis) is 1. The zero-order valence-electron chi connectivity index (χ0n) is 24.4. The Kier molecular flexibility index (Phi) is 8.68. The number of sulfone groups is 1. The number of allylic oxidation sites excluding steroid dienone is 1. The van der Waals surface area contributed by atoms with Crippen LogP contribution in [-0.4, -0.2) is 49.6 Å². The lowest BCUT2D eigenvalue weighted by Gasteiger charge is -2.25. The molecule has 2 amide bonds. The van der Waals surface area contributed by atoms with Crippen molar-refractivity contribution >= 4 is 44.8 Å². The van der Waals surface area contributed by atoms with Gasteiger partial charge in [-0.1, -0.05) is 54.1 Å². The smallest absolute Gasteiger partial charge is 0.408 e. The van der Waals surface area contributed by atoms with E-state index in [1.165, 1.54) is 12.1 Å². The van der Waals surface area contributed by atoms with Crippen molar-refractivity contribution in [2.24, 2.45) is 0 Å². The number of nitrogens with one attached hydrogen (secondary N) is 2. The van der Waals surface area contributed by atoms with Crippen LogP contribution in [0.1, 0.15) is 60.2 Å². The third-order valence-corrected chi connectivity index (χ3v) is 9.41. The van der Waals surface area contributed by atoms with Gasteiger partial charge < -0.3 is 15.4 Å². The molecule has 0 spiro atoms. The number of benzene rings is 3. The van der Waals surface area contributed by atoms with Gasteiger partial charge in [0.15, 0.2) is 15.6 Å². The minimum Gasteiger partial charge on any atom is -0.444 e. The quantitative estimate of drug-likeness (QED) is 0.361. The molecule has 1 heterocycles. The number of rotatable bonds is 6. The minimum atomic E-state index is -4.35. The molecule has 3 aromatic rings. The third kappa shape index (κ3) is 7.36. The number of halogens is 2. The Morgan fingerprint density at radius 2 is 1.70 bits per heavy atom. The van der Waals surface area contributed by atoms with Crippen molar-refractivity contribution in [1.29, 1.82) is 0 Å². The summed E-state index contributed by atoms with van der Waals surface area (Å²) in [5.41, 5.74) is 0.783. The molecule has 2 N–H and O–H groups in total. The number of hydrogen-bond acceptors (Lipinski definition) is 6. The first-order valence-electron chi connectivity index (χ1n) is 14.1. The number of ketones is 1. The van der Waals surface area contributed by atoms with Crippen molar-refractivity contribution in [2.75, 3.05) is 5.75 Å². The van der Waals surface area contributed by atoms with Crippen LogP contribution in [0.15, 0.2) is 77.7 Å². The summed E-state index contributed by atoms with van der Waals surface area (Å²) in [7, 11) is -4.35. The van der Waals surface area contributed by atoms with Gasteiger partial charge in [0.05, 0.1) is 16.2 Å². The van der Waals surface area contributed by atoms with Gasteiger partial charge in [-0.3, -0.25) is 9.59 Å². The van der Waals surface area contributed by atoms with Crippen molar-refractivity contribution < 1.29 is 31.9 Å². The van der Waals surface area contributed by atoms with Crippen LogP contribution in [0.3, 0.4) is 0 Å². The Morgan fingerprint density at radius 3 is 2.36 bits per heavy atom. The van der Waals surface area contributed by atoms with E-state index in [9.17, 15) is 22.8 Å². The number of amides is 2. The second kappa shape index (κ2) is 12.2. The second-order valence-electron chi connectivity index (χ2n) is 12.0. The normalized spacial score (nSPS) is 20.8. The fraction of sp³-hybridized carbons (Fsp3) is 0.303. The molecule has 0 aromatic heterocycles. The highest BCUT2D eigenvalue weighted by atomic mass is 35.5. The summed E-state index contributed by atoms with van der Waals surface area (Å²) in [5, 5.41) is 5.69. The standard InChI is InChI=1S/C33H32ClFN2O6S/c1-33(2,3)43-32(40)37-28-18-44(41,42)30-17-26(35)25(31(39)36-27-16-23(27)20-7-5-4-6-8-20)15-24(30)21(14-29(28)38)13-19-9-11-22(34)12-10-19/h4-12,14-15,17,23,27-28H,13,16,18H2,1-3H3,(H,36,39)(H,37,40)/t23-,27+,28+/m1/s1. The van der Waals surface area contributed by atoms with E-state index in [0.717, 1.165) is 11.6 Å². The molecule has 3 aromatic carbocycles. The lowest BCUT2D eigenvalue weighted by atomic mass is 9.94. The molecule has 2 aliphatic rings. The van der Waals surface area contributed by atoms with Crippen LogP contribution in [0.25, 0.3) is 5.57 Å². The molecule has 1 aliphatic carbocycles. The topological polar surface area (TPSA) is 119 Å². The van der Waals surface area contributed by atoms with Crippen LogP contribution < -0.4 is 10.6 Å². The summed E-state index contributed by atoms with van der Waals surface area (Å²) in [6, 6.07) is 16.7. The first kappa shape index (κ1) is 31.4. The van der Waals surface area contributed by atoms with Crippen LogP contribution >= 0.6 is 11.6 Å². The Bertz CT molecular complexity index is 1750. The Hall–Kier alpha value is -4.02. The average molecular weight is 639 g/mol. The number of hydrogen-bond donors (Lipinski definition) is 2. The van der Waals surface area contributed by atoms with E-state index in [1.54, 1.807) is 45.0 Å². The van der Waals surface area contributed by atoms with Crippen LogP contribution in [0.4, 0.5) is 9.18 Å². The number of carbonyl (C=O) groups is 3. The summed E-state index contributed by atoms with van der Waals surface area (Å²) in [6.07, 6.45) is 1.02. The van der Waals surface area contributed by atoms with Crippen molar-refractivity contribution in [3.05, 3.63) is 106 Å². The highest BCUT2D eigenvalue weighted by Gasteiger charge is 2.40. The van der Waals surface area contributed by atoms with E-state index in [-0.39, 0.29) is 40.0 Å². The van der Waals surface area contributed by atoms with Crippen molar-refractivity contribution in [3.63, 3.8) is 0 Å². The average Bonchev–Trinajstić information content (AvgIpc) is 3.71. The molecule has 5 rings (SSSR count). The minimum absolute atomic E-state index is 0.0333. The first-order chi connectivity index (χ1) is 20.7. The van der Waals surface area contributed by atoms with Gasteiger partial charge >= 0.3 is 6.09 Å². The Morgan fingerprint density at radius 1 is 1.02 bits per heavy atom. The van der Waals surface area contributed by atoms with Gasteiger partial charge in [-0.05, 0) is 86.2 Å². The maximum atomic E-state index is 15.5. The Balaban J connectivity index is 1.52. The molecule has 0 bridgehead atoms. The van der Waals surface area contributed by atoms with Crippen molar-refractivity contribution in [2.45, 2.75) is 62.1 Å². The van der Waals surface area contributed by atoms with Gasteiger partial charge in [0.25, 0.3) is 5.91 Å². The van der Waals surface area contributed by atoms with Gasteiger partial charge in [0.1, 0.15) is 17.5 Å². The van der Waals surface area contributed by atoms with Crippen LogP contribution in [0.2, 0.25) is 5.02 Å². The summed E-state index contributed by atoms with van der Waals surface area (Å²) in [4.78, 5) is 38.8. The SMILES string of the molecule is CC(C)(C)OC(=O)N[C@H]1CS(=O)(=O)c2cc(F)c(C(=O)N[C@H]3C[C@@H]3c3ccccc3)cc2C(Cc2ccc(Cl)cc2)=CC1=O. The molecule has 230 valence electrons. The van der Waals surface area contributed by atoms with Gasteiger partial charge in [-0.2, -0.15) is 0 Å². The van der Waals surface area contributed by atoms with Crippen LogP contribution in [0.5, 0.6) is 0 Å². The van der Waals surface area contributed by atoms with Gasteiger partial charge in [-0.15, -0.1) is 0 Å². The molecular formula is C33H32ClFN2O6S. The molecule has 11 heteroatoms. The van der Waals surface area contributed by atoms with Gasteiger partial charge in [0.2, 0.25) is 0 Å². The van der Waals surface area contributed by atoms with E-state index in [0.29, 0.717) is 17.0 Å². The van der Waals surface area contributed by atoms with Crippen LogP contribution in [0, 0.1) is 5.82 Å². The number of carbonyl (C=O) groups excluding carboxylic acids is 3. The largest absolute Gasteiger partial charge is 0.444 e. The van der Waals surface area contributed by atoms with E-state index in [1.807, 2.05) is 30.3 Å². The molecule has 3 atom stereocenters. The van der Waals surface area contributed by atoms with Crippen LogP contribution in [-0.2, 0) is 25.8 Å². The zero-order valence-corrected chi connectivity index (χ0v) is 26.0. The Labute approximate surface area is 260 Å². The van der Waals surface area contributed by atoms with Gasteiger partial charge in [0, 0.05) is 17.0 Å². The summed E-state index contributed by atoms with van der Waals surface area (Å²) in [6.45, 7) is 4.89. The second-order valence-corrected chi connectivity index (χ2v) is 14.5.